The Bertz CT molecular complexity index is 254. The Hall–Kier alpha value is -0.680. The molecule has 0 bridgehead atoms. The second-order valence-corrected chi connectivity index (χ2v) is 4.39. The number of rotatable bonds is 8. The van der Waals surface area contributed by atoms with Gasteiger partial charge in [0.25, 0.3) is 0 Å². The van der Waals surface area contributed by atoms with Crippen molar-refractivity contribution in [3.63, 3.8) is 0 Å². The summed E-state index contributed by atoms with van der Waals surface area (Å²) in [6, 6.07) is 0. The molecule has 0 fully saturated rings. The monoisotopic (exact) mass is 244 g/mol. The third-order valence-corrected chi connectivity index (χ3v) is 2.19. The molecule has 0 rings (SSSR count). The van der Waals surface area contributed by atoms with E-state index in [1.807, 2.05) is 20.8 Å². The Labute approximate surface area is 103 Å². The number of allylic oxidation sites excluding steroid dienone is 3. The highest BCUT2D eigenvalue weighted by molar-refractivity contribution is 5.03. The van der Waals surface area contributed by atoms with Crippen LogP contribution in [0.2, 0.25) is 0 Å². The Morgan fingerprint density at radius 2 is 1.88 bits per heavy atom. The van der Waals surface area contributed by atoms with E-state index in [1.54, 1.807) is 6.08 Å². The summed E-state index contributed by atoms with van der Waals surface area (Å²) in [7, 11) is 0. The summed E-state index contributed by atoms with van der Waals surface area (Å²) in [5, 5.41) is 27.1. The fourth-order valence-corrected chi connectivity index (χ4v) is 1.23. The standard InChI is InChI=1S/C13H24O4/c1-10(2)5-4-6-11(3)7-13(16)17-9-12(15)8-14/h5,7,12-16H,4,6,8-9H2,1-3H3. The molecule has 4 nitrogen and oxygen atoms in total. The predicted octanol–water partition coefficient (Wildman–Crippen LogP) is 1.37. The first-order chi connectivity index (χ1) is 7.95. The molecule has 0 amide bonds. The van der Waals surface area contributed by atoms with E-state index in [-0.39, 0.29) is 13.2 Å². The average molecular weight is 244 g/mol. The summed E-state index contributed by atoms with van der Waals surface area (Å²) in [4.78, 5) is 0. The van der Waals surface area contributed by atoms with E-state index in [4.69, 9.17) is 14.9 Å². The molecular weight excluding hydrogens is 220 g/mol. The van der Waals surface area contributed by atoms with Crippen molar-refractivity contribution in [3.05, 3.63) is 23.3 Å². The van der Waals surface area contributed by atoms with Crippen LogP contribution in [-0.4, -0.2) is 40.9 Å². The largest absolute Gasteiger partial charge is 0.394 e. The zero-order chi connectivity index (χ0) is 13.3. The molecule has 3 N–H and O–H groups in total. The lowest BCUT2D eigenvalue weighted by molar-refractivity contribution is -0.0988. The summed E-state index contributed by atoms with van der Waals surface area (Å²) in [6.07, 6.45) is 3.60. The van der Waals surface area contributed by atoms with Gasteiger partial charge in [-0.2, -0.15) is 0 Å². The molecule has 0 saturated heterocycles. The molecule has 0 aromatic rings. The first kappa shape index (κ1) is 16.3. The van der Waals surface area contributed by atoms with E-state index in [0.717, 1.165) is 18.4 Å². The molecule has 0 aromatic carbocycles. The molecule has 0 aliphatic heterocycles. The Kier molecular flexibility index (Phi) is 8.99. The predicted molar refractivity (Wildman–Crippen MR) is 67.5 cm³/mol. The summed E-state index contributed by atoms with van der Waals surface area (Å²) >= 11 is 0. The minimum atomic E-state index is -1.03. The molecule has 0 spiro atoms. The van der Waals surface area contributed by atoms with E-state index in [1.165, 1.54) is 5.57 Å². The van der Waals surface area contributed by atoms with Crippen LogP contribution in [0.5, 0.6) is 0 Å². The smallest absolute Gasteiger partial charge is 0.174 e. The van der Waals surface area contributed by atoms with Crippen LogP contribution >= 0.6 is 0 Å². The number of hydrogen-bond donors (Lipinski definition) is 3. The highest BCUT2D eigenvalue weighted by atomic mass is 16.6. The maximum atomic E-state index is 9.47. The molecule has 0 aliphatic carbocycles. The topological polar surface area (TPSA) is 69.9 Å². The summed E-state index contributed by atoms with van der Waals surface area (Å²) in [6.45, 7) is 5.58. The van der Waals surface area contributed by atoms with Gasteiger partial charge in [-0.3, -0.25) is 0 Å². The van der Waals surface area contributed by atoms with Crippen LogP contribution in [0.4, 0.5) is 0 Å². The van der Waals surface area contributed by atoms with Crippen LogP contribution in [-0.2, 0) is 4.74 Å². The third kappa shape index (κ3) is 10.2. The number of ether oxygens (including phenoxy) is 1. The first-order valence-corrected chi connectivity index (χ1v) is 5.85. The van der Waals surface area contributed by atoms with Gasteiger partial charge in [0.1, 0.15) is 6.10 Å². The summed E-state index contributed by atoms with van der Waals surface area (Å²) in [5.41, 5.74) is 2.31. The van der Waals surface area contributed by atoms with E-state index < -0.39 is 12.4 Å². The van der Waals surface area contributed by atoms with Gasteiger partial charge in [-0.1, -0.05) is 17.2 Å². The lowest BCUT2D eigenvalue weighted by atomic mass is 10.1. The van der Waals surface area contributed by atoms with Gasteiger partial charge >= 0.3 is 0 Å². The first-order valence-electron chi connectivity index (χ1n) is 5.85. The van der Waals surface area contributed by atoms with E-state index >= 15 is 0 Å². The molecule has 100 valence electrons. The highest BCUT2D eigenvalue weighted by Gasteiger charge is 2.06. The van der Waals surface area contributed by atoms with Gasteiger partial charge in [-0.05, 0) is 39.7 Å². The molecule has 2 atom stereocenters. The van der Waals surface area contributed by atoms with Crippen molar-refractivity contribution in [2.24, 2.45) is 0 Å². The zero-order valence-electron chi connectivity index (χ0n) is 10.9. The van der Waals surface area contributed by atoms with Crippen molar-refractivity contribution in [2.45, 2.75) is 46.0 Å². The highest BCUT2D eigenvalue weighted by Crippen LogP contribution is 2.08. The second-order valence-electron chi connectivity index (χ2n) is 4.39. The van der Waals surface area contributed by atoms with Crippen molar-refractivity contribution >= 4 is 0 Å². The zero-order valence-corrected chi connectivity index (χ0v) is 10.9. The second kappa shape index (κ2) is 9.36. The molecule has 0 heterocycles. The maximum Gasteiger partial charge on any atom is 0.174 e. The van der Waals surface area contributed by atoms with Crippen molar-refractivity contribution < 1.29 is 20.1 Å². The lowest BCUT2D eigenvalue weighted by Gasteiger charge is -2.12. The van der Waals surface area contributed by atoms with Gasteiger partial charge in [0.2, 0.25) is 0 Å². The van der Waals surface area contributed by atoms with Crippen molar-refractivity contribution in [3.8, 4) is 0 Å². The van der Waals surface area contributed by atoms with Crippen LogP contribution in [0.1, 0.15) is 33.6 Å². The maximum absolute atomic E-state index is 9.47. The van der Waals surface area contributed by atoms with Crippen molar-refractivity contribution in [1.82, 2.24) is 0 Å². The average Bonchev–Trinajstić information content (AvgIpc) is 2.25. The quantitative estimate of drug-likeness (QED) is 0.445. The molecule has 0 saturated carbocycles. The van der Waals surface area contributed by atoms with Gasteiger partial charge in [-0.15, -0.1) is 0 Å². The van der Waals surface area contributed by atoms with Gasteiger partial charge < -0.3 is 20.1 Å². The molecule has 17 heavy (non-hydrogen) atoms. The fourth-order valence-electron chi connectivity index (χ4n) is 1.23. The summed E-state index contributed by atoms with van der Waals surface area (Å²) < 4.78 is 4.95. The molecule has 0 radical (unpaired) electrons. The number of hydrogen-bond acceptors (Lipinski definition) is 4. The van der Waals surface area contributed by atoms with E-state index in [2.05, 4.69) is 6.08 Å². The third-order valence-electron chi connectivity index (χ3n) is 2.19. The van der Waals surface area contributed by atoms with Crippen LogP contribution in [0.3, 0.4) is 0 Å². The SMILES string of the molecule is CC(C)=CCCC(C)=CC(O)OCC(O)CO. The fraction of sp³-hybridized carbons (Fsp3) is 0.692. The van der Waals surface area contributed by atoms with Crippen molar-refractivity contribution in [1.29, 1.82) is 0 Å². The molecular formula is C13H24O4. The van der Waals surface area contributed by atoms with Gasteiger partial charge in [0, 0.05) is 0 Å². The van der Waals surface area contributed by atoms with Crippen molar-refractivity contribution in [2.75, 3.05) is 13.2 Å². The van der Waals surface area contributed by atoms with Gasteiger partial charge in [0.05, 0.1) is 13.2 Å². The molecule has 4 heteroatoms. The van der Waals surface area contributed by atoms with Crippen LogP contribution in [0.15, 0.2) is 23.3 Å². The Balaban J connectivity index is 3.89. The molecule has 2 unspecified atom stereocenters. The van der Waals surface area contributed by atoms with Crippen LogP contribution in [0.25, 0.3) is 0 Å². The Morgan fingerprint density at radius 3 is 2.41 bits per heavy atom. The van der Waals surface area contributed by atoms with E-state index in [9.17, 15) is 5.11 Å². The minimum absolute atomic E-state index is 0.0740. The van der Waals surface area contributed by atoms with Crippen LogP contribution < -0.4 is 0 Å². The van der Waals surface area contributed by atoms with E-state index in [0.29, 0.717) is 0 Å². The molecule has 0 aromatic heterocycles. The number of aliphatic hydroxyl groups excluding tert-OH is 3. The lowest BCUT2D eigenvalue weighted by Crippen LogP contribution is -2.23. The van der Waals surface area contributed by atoms with Crippen LogP contribution in [0, 0.1) is 0 Å². The van der Waals surface area contributed by atoms with Gasteiger partial charge in [-0.25, -0.2) is 0 Å². The minimum Gasteiger partial charge on any atom is -0.394 e. The number of aliphatic hydroxyl groups is 3. The van der Waals surface area contributed by atoms with Gasteiger partial charge in [0.15, 0.2) is 6.29 Å². The Morgan fingerprint density at radius 1 is 1.24 bits per heavy atom. The summed E-state index contributed by atoms with van der Waals surface area (Å²) in [5.74, 6) is 0. The normalized spacial score (nSPS) is 15.5. The molecule has 0 aliphatic rings.